The van der Waals surface area contributed by atoms with Gasteiger partial charge in [0.1, 0.15) is 31.9 Å². The fraction of sp³-hybridized carbons (Fsp3) is 0.600. The monoisotopic (exact) mass is 943 g/mol. The van der Waals surface area contributed by atoms with Gasteiger partial charge in [-0.1, -0.05) is 66.6 Å². The average molecular weight is 943 g/mol. The highest BCUT2D eigenvalue weighted by Gasteiger charge is 2.58. The van der Waals surface area contributed by atoms with Crippen molar-refractivity contribution in [2.45, 2.75) is 127 Å². The van der Waals surface area contributed by atoms with E-state index in [1.54, 1.807) is 47.5 Å². The van der Waals surface area contributed by atoms with Crippen molar-refractivity contribution in [2.75, 3.05) is 66.6 Å². The zero-order valence-electron chi connectivity index (χ0n) is 40.4. The largest absolute Gasteiger partial charge is 0.445 e. The van der Waals surface area contributed by atoms with Gasteiger partial charge in [-0.05, 0) is 85.0 Å². The van der Waals surface area contributed by atoms with Crippen LogP contribution < -0.4 is 21.3 Å². The second-order valence-corrected chi connectivity index (χ2v) is 18.5. The number of nitrogens with one attached hydrogen (secondary N) is 4. The first-order valence-electron chi connectivity index (χ1n) is 23.9. The van der Waals surface area contributed by atoms with Crippen molar-refractivity contribution in [2.24, 2.45) is 0 Å². The van der Waals surface area contributed by atoms with Crippen molar-refractivity contribution in [3.63, 3.8) is 0 Å². The molecule has 0 aromatic heterocycles. The Bertz CT molecular complexity index is 2120. The summed E-state index contributed by atoms with van der Waals surface area (Å²) in [4.78, 5) is 87.7. The number of amides is 6. The highest BCUT2D eigenvalue weighted by molar-refractivity contribution is 5.90. The van der Waals surface area contributed by atoms with Gasteiger partial charge in [-0.25, -0.2) is 9.59 Å². The zero-order valence-corrected chi connectivity index (χ0v) is 40.4. The number of carbonyl (C=O) groups is 6. The van der Waals surface area contributed by atoms with Crippen LogP contribution in [0, 0.1) is 11.8 Å². The summed E-state index contributed by atoms with van der Waals surface area (Å²) in [6, 6.07) is 16.6. The summed E-state index contributed by atoms with van der Waals surface area (Å²) >= 11 is 0. The lowest BCUT2D eigenvalue weighted by Crippen LogP contribution is -2.60. The quantitative estimate of drug-likeness (QED) is 0.112. The van der Waals surface area contributed by atoms with Crippen LogP contribution in [-0.2, 0) is 51.3 Å². The number of hydrogen-bond acceptors (Lipinski definition) is 12. The molecule has 4 heterocycles. The molecule has 18 nitrogen and oxygen atoms in total. The van der Waals surface area contributed by atoms with E-state index in [-0.39, 0.29) is 75.2 Å². The van der Waals surface area contributed by atoms with E-state index in [1.807, 2.05) is 74.5 Å². The van der Waals surface area contributed by atoms with Crippen LogP contribution in [0.4, 0.5) is 9.59 Å². The Balaban J connectivity index is 0.978. The SMILES string of the molecule is CNCC(=O)NC(C(=O)N1CCC2(C)C1CCN2C(=O)OCc1ccccc1)C(C)OCCCC#CCOC(C)C(NC(=O)CNC)C(=O)N1CCC2N(C(=O)OCc3ccccc3)CCC21C. The number of hydrogen-bond donors (Lipinski definition) is 4. The Morgan fingerprint density at radius 2 is 1.15 bits per heavy atom. The molecule has 8 unspecified atom stereocenters. The van der Waals surface area contributed by atoms with Gasteiger partial charge in [-0.3, -0.25) is 19.2 Å². The van der Waals surface area contributed by atoms with Gasteiger partial charge < -0.3 is 59.8 Å². The Hall–Kier alpha value is -5.74. The summed E-state index contributed by atoms with van der Waals surface area (Å²) in [6.45, 7) is 9.85. The number of ether oxygens (including phenoxy) is 4. The lowest BCUT2D eigenvalue weighted by molar-refractivity contribution is -0.143. The first-order chi connectivity index (χ1) is 32.7. The molecule has 370 valence electrons. The molecule has 0 radical (unpaired) electrons. The predicted octanol–water partition coefficient (Wildman–Crippen LogP) is 2.79. The number of likely N-dealkylation sites (tertiary alicyclic amines) is 4. The number of benzene rings is 2. The first kappa shape index (κ1) is 51.6. The van der Waals surface area contributed by atoms with E-state index < -0.39 is 47.6 Å². The molecule has 0 aliphatic carbocycles. The highest BCUT2D eigenvalue weighted by Crippen LogP contribution is 2.43. The van der Waals surface area contributed by atoms with Crippen molar-refractivity contribution in [1.29, 1.82) is 0 Å². The van der Waals surface area contributed by atoms with Crippen LogP contribution in [0.25, 0.3) is 0 Å². The molecule has 0 saturated carbocycles. The van der Waals surface area contributed by atoms with Crippen molar-refractivity contribution < 1.29 is 47.7 Å². The summed E-state index contributed by atoms with van der Waals surface area (Å²) in [7, 11) is 3.30. The fourth-order valence-corrected chi connectivity index (χ4v) is 10.1. The van der Waals surface area contributed by atoms with Crippen LogP contribution >= 0.6 is 0 Å². The molecule has 4 aliphatic heterocycles. The van der Waals surface area contributed by atoms with Gasteiger partial charge >= 0.3 is 12.2 Å². The van der Waals surface area contributed by atoms with E-state index in [1.165, 1.54) is 0 Å². The summed E-state index contributed by atoms with van der Waals surface area (Å²) in [6.07, 6.45) is 1.09. The minimum atomic E-state index is -0.991. The van der Waals surface area contributed by atoms with Crippen molar-refractivity contribution >= 4 is 35.8 Å². The molecule has 4 aliphatic rings. The molecule has 4 fully saturated rings. The molecule has 2 aromatic carbocycles. The number of carbonyl (C=O) groups excluding carboxylic acids is 6. The van der Waals surface area contributed by atoms with Crippen LogP contribution in [0.1, 0.15) is 77.3 Å². The van der Waals surface area contributed by atoms with Gasteiger partial charge in [0.05, 0.1) is 48.5 Å². The maximum absolute atomic E-state index is 14.3. The molecule has 0 spiro atoms. The molecule has 4 saturated heterocycles. The fourth-order valence-electron chi connectivity index (χ4n) is 10.1. The van der Waals surface area contributed by atoms with Crippen LogP contribution in [-0.4, -0.2) is 169 Å². The lowest BCUT2D eigenvalue weighted by atomic mass is 9.93. The first-order valence-corrected chi connectivity index (χ1v) is 23.9. The highest BCUT2D eigenvalue weighted by atomic mass is 16.6. The minimum Gasteiger partial charge on any atom is -0.445 e. The predicted molar refractivity (Wildman–Crippen MR) is 252 cm³/mol. The number of fused-ring (bicyclic) bond motifs is 2. The normalized spacial score (nSPS) is 23.4. The van der Waals surface area contributed by atoms with E-state index in [0.29, 0.717) is 64.7 Å². The number of likely N-dealkylation sites (N-methyl/N-ethyl adjacent to an activating group) is 2. The second kappa shape index (κ2) is 24.0. The molecular formula is C50H70N8O10. The van der Waals surface area contributed by atoms with Gasteiger partial charge in [-0.2, -0.15) is 0 Å². The van der Waals surface area contributed by atoms with E-state index >= 15 is 0 Å². The summed E-state index contributed by atoms with van der Waals surface area (Å²) < 4.78 is 23.5. The maximum Gasteiger partial charge on any atom is 0.410 e. The average Bonchev–Trinajstić information content (AvgIpc) is 4.06. The Morgan fingerprint density at radius 1 is 0.647 bits per heavy atom. The van der Waals surface area contributed by atoms with Crippen molar-refractivity contribution in [1.82, 2.24) is 40.9 Å². The molecule has 4 N–H and O–H groups in total. The van der Waals surface area contributed by atoms with E-state index in [2.05, 4.69) is 33.1 Å². The van der Waals surface area contributed by atoms with Crippen molar-refractivity contribution in [3.05, 3.63) is 71.8 Å². The molecular weight excluding hydrogens is 873 g/mol. The zero-order chi connectivity index (χ0) is 48.8. The summed E-state index contributed by atoms with van der Waals surface area (Å²) in [5, 5.41) is 11.4. The van der Waals surface area contributed by atoms with E-state index in [9.17, 15) is 28.8 Å². The van der Waals surface area contributed by atoms with Crippen molar-refractivity contribution in [3.8, 4) is 11.8 Å². The summed E-state index contributed by atoms with van der Waals surface area (Å²) in [5.41, 5.74) is 0.525. The minimum absolute atomic E-state index is 0.0111. The third-order valence-corrected chi connectivity index (χ3v) is 14.0. The van der Waals surface area contributed by atoms with E-state index in [0.717, 1.165) is 11.1 Å². The lowest BCUT2D eigenvalue weighted by Gasteiger charge is -2.38. The molecule has 6 rings (SSSR count). The van der Waals surface area contributed by atoms with Crippen LogP contribution in [0.3, 0.4) is 0 Å². The van der Waals surface area contributed by atoms with Gasteiger partial charge in [-0.15, -0.1) is 5.92 Å². The van der Waals surface area contributed by atoms with Gasteiger partial charge in [0, 0.05) is 39.2 Å². The second-order valence-electron chi connectivity index (χ2n) is 18.5. The molecule has 0 bridgehead atoms. The standard InChI is InChI=1S/C50H70N8O10/c1-35(43(53-41(59)31-51-5)45(61)55-27-23-50(4)39(55)22-26-58(50)48(64)68-34-38-19-13-10-14-20-38)65-29-15-7-8-16-30-66-36(2)44(54-42(60)32-52-6)46(62)57-25-21-40-49(57,3)24-28-56(40)47(63)67-33-37-17-11-9-12-18-37/h9-14,17-20,35-36,39-40,43-44,51-52H,7,15,21-34H2,1-6H3,(H,53,59)(H,54,60). The van der Waals surface area contributed by atoms with Gasteiger partial charge in [0.15, 0.2) is 0 Å². The smallest absolute Gasteiger partial charge is 0.410 e. The van der Waals surface area contributed by atoms with Gasteiger partial charge in [0.25, 0.3) is 0 Å². The Morgan fingerprint density at radius 3 is 1.74 bits per heavy atom. The van der Waals surface area contributed by atoms with Crippen LogP contribution in [0.2, 0.25) is 0 Å². The van der Waals surface area contributed by atoms with Crippen LogP contribution in [0.5, 0.6) is 0 Å². The molecule has 68 heavy (non-hydrogen) atoms. The summed E-state index contributed by atoms with van der Waals surface area (Å²) in [5.74, 6) is 4.85. The molecule has 8 atom stereocenters. The Labute approximate surface area is 400 Å². The topological polar surface area (TPSA) is 200 Å². The number of nitrogens with zero attached hydrogens (tertiary/aromatic N) is 4. The van der Waals surface area contributed by atoms with E-state index in [4.69, 9.17) is 18.9 Å². The third kappa shape index (κ3) is 12.3. The third-order valence-electron chi connectivity index (χ3n) is 14.0. The van der Waals surface area contributed by atoms with Crippen LogP contribution in [0.15, 0.2) is 60.7 Å². The van der Waals surface area contributed by atoms with Gasteiger partial charge in [0.2, 0.25) is 23.6 Å². The molecule has 2 aromatic rings. The number of rotatable bonds is 20. The molecule has 6 amide bonds. The molecule has 18 heteroatoms. The Kier molecular flexibility index (Phi) is 18.2. The maximum atomic E-state index is 14.3. The number of unbranched alkanes of at least 4 members (excludes halogenated alkanes) is 1.